The van der Waals surface area contributed by atoms with E-state index in [9.17, 15) is 4.79 Å². The van der Waals surface area contributed by atoms with Crippen LogP contribution >= 0.6 is 0 Å². The Morgan fingerprint density at radius 1 is 1.37 bits per heavy atom. The van der Waals surface area contributed by atoms with Gasteiger partial charge in [-0.15, -0.1) is 0 Å². The van der Waals surface area contributed by atoms with Crippen molar-refractivity contribution >= 4 is 11.9 Å². The monoisotopic (exact) mass is 259 g/mol. The molecule has 1 aromatic carbocycles. The molecule has 19 heavy (non-hydrogen) atoms. The molecule has 0 unspecified atom stereocenters. The number of benzene rings is 1. The lowest BCUT2D eigenvalue weighted by Crippen LogP contribution is -2.20. The highest BCUT2D eigenvalue weighted by atomic mass is 16.5. The molecule has 100 valence electrons. The molecule has 3 rings (SSSR count). The Labute approximate surface area is 112 Å². The van der Waals surface area contributed by atoms with Gasteiger partial charge in [-0.1, -0.05) is 30.3 Å². The van der Waals surface area contributed by atoms with E-state index in [1.54, 1.807) is 7.11 Å². The van der Waals surface area contributed by atoms with Gasteiger partial charge in [0.25, 0.3) is 0 Å². The predicted octanol–water partition coefficient (Wildman–Crippen LogP) is 2.33. The van der Waals surface area contributed by atoms with E-state index in [2.05, 4.69) is 4.99 Å². The average Bonchev–Trinajstić information content (AvgIpc) is 3.11. The number of nitrogens with zero attached hydrogens (tertiary/aromatic N) is 1. The van der Waals surface area contributed by atoms with Crippen LogP contribution in [0, 0.1) is 5.41 Å². The molecule has 1 aliphatic carbocycles. The Morgan fingerprint density at radius 3 is 2.68 bits per heavy atom. The summed E-state index contributed by atoms with van der Waals surface area (Å²) in [7, 11) is 1.62. The van der Waals surface area contributed by atoms with Gasteiger partial charge in [-0.2, -0.15) is 0 Å². The number of methoxy groups -OCH3 is 1. The highest BCUT2D eigenvalue weighted by molar-refractivity contribution is 5.92. The van der Waals surface area contributed by atoms with Gasteiger partial charge in [-0.05, 0) is 24.8 Å². The van der Waals surface area contributed by atoms with Crippen LogP contribution in [0.4, 0.5) is 0 Å². The SMILES string of the molecule is COC1=N[C@H](C(=O)OCc2ccccc2)CC12CC2. The fraction of sp³-hybridized carbons (Fsp3) is 0.467. The van der Waals surface area contributed by atoms with Crippen LogP contribution in [0.1, 0.15) is 24.8 Å². The molecule has 1 fully saturated rings. The van der Waals surface area contributed by atoms with E-state index in [1.807, 2.05) is 30.3 Å². The third-order valence-corrected chi connectivity index (χ3v) is 3.85. The molecule has 0 saturated heterocycles. The van der Waals surface area contributed by atoms with Gasteiger partial charge in [-0.3, -0.25) is 0 Å². The Kier molecular flexibility index (Phi) is 3.01. The summed E-state index contributed by atoms with van der Waals surface area (Å²) >= 11 is 0. The first-order chi connectivity index (χ1) is 9.23. The van der Waals surface area contributed by atoms with Crippen molar-refractivity contribution in [3.63, 3.8) is 0 Å². The van der Waals surface area contributed by atoms with Crippen molar-refractivity contribution in [3.8, 4) is 0 Å². The number of ether oxygens (including phenoxy) is 2. The third-order valence-electron chi connectivity index (χ3n) is 3.85. The number of aliphatic imine (C=N–C) groups is 1. The maximum Gasteiger partial charge on any atom is 0.331 e. The van der Waals surface area contributed by atoms with Gasteiger partial charge in [0.15, 0.2) is 11.9 Å². The Morgan fingerprint density at radius 2 is 2.11 bits per heavy atom. The Bertz CT molecular complexity index is 505. The van der Waals surface area contributed by atoms with Crippen molar-refractivity contribution in [2.45, 2.75) is 31.9 Å². The van der Waals surface area contributed by atoms with E-state index in [0.29, 0.717) is 6.61 Å². The lowest BCUT2D eigenvalue weighted by Gasteiger charge is -2.09. The van der Waals surface area contributed by atoms with E-state index < -0.39 is 0 Å². The van der Waals surface area contributed by atoms with Crippen molar-refractivity contribution in [1.29, 1.82) is 0 Å². The van der Waals surface area contributed by atoms with Gasteiger partial charge in [0.1, 0.15) is 6.61 Å². The molecule has 0 amide bonds. The second-order valence-electron chi connectivity index (χ2n) is 5.23. The van der Waals surface area contributed by atoms with Crippen LogP contribution < -0.4 is 0 Å². The zero-order chi connectivity index (χ0) is 13.3. The van der Waals surface area contributed by atoms with Gasteiger partial charge in [0.2, 0.25) is 0 Å². The van der Waals surface area contributed by atoms with Crippen LogP contribution in [-0.2, 0) is 20.9 Å². The molecule has 1 aliphatic heterocycles. The number of carbonyl (C=O) groups excluding carboxylic acids is 1. The second-order valence-corrected chi connectivity index (χ2v) is 5.23. The normalized spacial score (nSPS) is 23.0. The first kappa shape index (κ1) is 12.2. The fourth-order valence-electron chi connectivity index (χ4n) is 2.58. The quantitative estimate of drug-likeness (QED) is 0.783. The van der Waals surface area contributed by atoms with E-state index >= 15 is 0 Å². The zero-order valence-electron chi connectivity index (χ0n) is 11.0. The summed E-state index contributed by atoms with van der Waals surface area (Å²) in [5.41, 5.74) is 1.04. The first-order valence-electron chi connectivity index (χ1n) is 6.56. The molecule has 1 saturated carbocycles. The summed E-state index contributed by atoms with van der Waals surface area (Å²) < 4.78 is 10.6. The number of carbonyl (C=O) groups is 1. The minimum absolute atomic E-state index is 0.0468. The molecular weight excluding hydrogens is 242 g/mol. The summed E-state index contributed by atoms with van der Waals surface area (Å²) in [5.74, 6) is 0.483. The maximum atomic E-state index is 12.0. The molecule has 2 aliphatic rings. The van der Waals surface area contributed by atoms with Crippen LogP contribution in [-0.4, -0.2) is 25.0 Å². The maximum absolute atomic E-state index is 12.0. The second kappa shape index (κ2) is 4.68. The topological polar surface area (TPSA) is 47.9 Å². The summed E-state index contributed by atoms with van der Waals surface area (Å²) in [6.45, 7) is 0.307. The lowest BCUT2D eigenvalue weighted by atomic mass is 10.0. The van der Waals surface area contributed by atoms with Crippen molar-refractivity contribution < 1.29 is 14.3 Å². The minimum atomic E-state index is -0.388. The van der Waals surface area contributed by atoms with Crippen molar-refractivity contribution in [3.05, 3.63) is 35.9 Å². The Balaban J connectivity index is 1.59. The summed E-state index contributed by atoms with van der Waals surface area (Å²) in [4.78, 5) is 16.4. The average molecular weight is 259 g/mol. The molecule has 0 aromatic heterocycles. The fourth-order valence-corrected chi connectivity index (χ4v) is 2.58. The van der Waals surface area contributed by atoms with Crippen molar-refractivity contribution in [2.75, 3.05) is 7.11 Å². The van der Waals surface area contributed by atoms with Crippen LogP contribution in [0.15, 0.2) is 35.3 Å². The lowest BCUT2D eigenvalue weighted by molar-refractivity contribution is -0.146. The van der Waals surface area contributed by atoms with Crippen molar-refractivity contribution in [2.24, 2.45) is 10.4 Å². The van der Waals surface area contributed by atoms with E-state index in [4.69, 9.17) is 9.47 Å². The molecular formula is C15H17NO3. The molecule has 4 heteroatoms. The molecule has 1 spiro atoms. The molecule has 4 nitrogen and oxygen atoms in total. The van der Waals surface area contributed by atoms with E-state index in [1.165, 1.54) is 0 Å². The molecule has 1 atom stereocenters. The largest absolute Gasteiger partial charge is 0.484 e. The zero-order valence-corrected chi connectivity index (χ0v) is 11.0. The first-order valence-corrected chi connectivity index (χ1v) is 6.56. The van der Waals surface area contributed by atoms with Crippen molar-refractivity contribution in [1.82, 2.24) is 0 Å². The van der Waals surface area contributed by atoms with Gasteiger partial charge >= 0.3 is 5.97 Å². The summed E-state index contributed by atoms with van der Waals surface area (Å²) in [6, 6.07) is 9.29. The van der Waals surface area contributed by atoms with Gasteiger partial charge in [0.05, 0.1) is 7.11 Å². The van der Waals surface area contributed by atoms with Gasteiger partial charge in [0, 0.05) is 5.41 Å². The number of hydrogen-bond acceptors (Lipinski definition) is 4. The highest BCUT2D eigenvalue weighted by Gasteiger charge is 2.55. The molecule has 1 aromatic rings. The number of hydrogen-bond donors (Lipinski definition) is 0. The molecule has 1 heterocycles. The highest BCUT2D eigenvalue weighted by Crippen LogP contribution is 2.54. The van der Waals surface area contributed by atoms with Crippen LogP contribution in [0.2, 0.25) is 0 Å². The molecule has 0 radical (unpaired) electrons. The smallest absolute Gasteiger partial charge is 0.331 e. The number of esters is 1. The van der Waals surface area contributed by atoms with Crippen LogP contribution in [0.25, 0.3) is 0 Å². The van der Waals surface area contributed by atoms with Gasteiger partial charge in [-0.25, -0.2) is 9.79 Å². The molecule has 0 N–H and O–H groups in total. The van der Waals surface area contributed by atoms with E-state index in [0.717, 1.165) is 30.7 Å². The molecule has 0 bridgehead atoms. The summed E-state index contributed by atoms with van der Waals surface area (Å²) in [5, 5.41) is 0. The minimum Gasteiger partial charge on any atom is -0.484 e. The van der Waals surface area contributed by atoms with Gasteiger partial charge < -0.3 is 9.47 Å². The summed E-state index contributed by atoms with van der Waals surface area (Å²) in [6.07, 6.45) is 2.88. The predicted molar refractivity (Wildman–Crippen MR) is 70.8 cm³/mol. The van der Waals surface area contributed by atoms with Crippen LogP contribution in [0.3, 0.4) is 0 Å². The van der Waals surface area contributed by atoms with Crippen LogP contribution in [0.5, 0.6) is 0 Å². The number of rotatable bonds is 3. The third kappa shape index (κ3) is 2.35. The standard InChI is InChI=1S/C15H17NO3/c1-18-14-15(7-8-15)9-12(16-14)13(17)19-10-11-5-3-2-4-6-11/h2-6,12H,7-10H2,1H3/t12-/m0/s1. The Hall–Kier alpha value is -1.84. The van der Waals surface area contributed by atoms with E-state index in [-0.39, 0.29) is 17.4 Å².